The van der Waals surface area contributed by atoms with Gasteiger partial charge >= 0.3 is 0 Å². The molecule has 1 aromatic rings. The maximum atomic E-state index is 12.6. The molecule has 1 aromatic carbocycles. The van der Waals surface area contributed by atoms with Crippen LogP contribution < -0.4 is 5.73 Å². The topological polar surface area (TPSA) is 63.4 Å². The highest BCUT2D eigenvalue weighted by Crippen LogP contribution is 2.27. The minimum Gasteiger partial charge on any atom is -0.370 e. The van der Waals surface area contributed by atoms with Crippen LogP contribution in [0.1, 0.15) is 50.5 Å². The van der Waals surface area contributed by atoms with Crippen LogP contribution in [-0.4, -0.2) is 23.3 Å². The third-order valence-corrected chi connectivity index (χ3v) is 4.39. The first kappa shape index (κ1) is 16.5. The van der Waals surface area contributed by atoms with Gasteiger partial charge in [0.05, 0.1) is 0 Å². The Morgan fingerprint density at radius 2 is 1.77 bits per heavy atom. The number of amides is 2. The molecule has 0 atom stereocenters. The van der Waals surface area contributed by atoms with Gasteiger partial charge in [-0.1, -0.05) is 49.6 Å². The summed E-state index contributed by atoms with van der Waals surface area (Å²) in [6.45, 7) is 0.968. The molecule has 0 radical (unpaired) electrons. The van der Waals surface area contributed by atoms with E-state index in [0.29, 0.717) is 25.4 Å². The van der Waals surface area contributed by atoms with E-state index in [1.807, 2.05) is 30.3 Å². The van der Waals surface area contributed by atoms with Crippen molar-refractivity contribution in [3.63, 3.8) is 0 Å². The van der Waals surface area contributed by atoms with Crippen LogP contribution in [0.3, 0.4) is 0 Å². The minimum atomic E-state index is -0.358. The van der Waals surface area contributed by atoms with E-state index in [-0.39, 0.29) is 18.2 Å². The zero-order valence-electron chi connectivity index (χ0n) is 13.2. The Bertz CT molecular complexity index is 481. The van der Waals surface area contributed by atoms with Crippen LogP contribution in [0.15, 0.2) is 30.3 Å². The number of hydrogen-bond donors (Lipinski definition) is 1. The highest BCUT2D eigenvalue weighted by atomic mass is 16.2. The van der Waals surface area contributed by atoms with E-state index in [2.05, 4.69) is 0 Å². The van der Waals surface area contributed by atoms with Crippen LogP contribution >= 0.6 is 0 Å². The molecule has 0 spiro atoms. The van der Waals surface area contributed by atoms with Gasteiger partial charge in [0, 0.05) is 25.9 Å². The van der Waals surface area contributed by atoms with E-state index in [9.17, 15) is 9.59 Å². The molecule has 4 heteroatoms. The Kier molecular flexibility index (Phi) is 6.44. The largest absolute Gasteiger partial charge is 0.370 e. The van der Waals surface area contributed by atoms with Crippen LogP contribution in [-0.2, 0) is 16.1 Å². The molecular weight excluding hydrogens is 276 g/mol. The zero-order valence-corrected chi connectivity index (χ0v) is 13.2. The van der Waals surface area contributed by atoms with Gasteiger partial charge in [0.1, 0.15) is 0 Å². The van der Waals surface area contributed by atoms with Gasteiger partial charge in [-0.3, -0.25) is 9.59 Å². The van der Waals surface area contributed by atoms with Gasteiger partial charge in [-0.05, 0) is 24.3 Å². The Labute approximate surface area is 132 Å². The summed E-state index contributed by atoms with van der Waals surface area (Å²) in [6, 6.07) is 9.90. The summed E-state index contributed by atoms with van der Waals surface area (Å²) in [6.07, 6.45) is 6.90. The zero-order chi connectivity index (χ0) is 15.8. The van der Waals surface area contributed by atoms with Gasteiger partial charge in [-0.2, -0.15) is 0 Å². The lowest BCUT2D eigenvalue weighted by molar-refractivity contribution is -0.133. The second-order valence-corrected chi connectivity index (χ2v) is 6.23. The fourth-order valence-corrected chi connectivity index (χ4v) is 3.11. The molecule has 2 amide bonds. The van der Waals surface area contributed by atoms with Gasteiger partial charge in [-0.15, -0.1) is 0 Å². The van der Waals surface area contributed by atoms with Crippen molar-refractivity contribution in [2.75, 3.05) is 6.54 Å². The van der Waals surface area contributed by atoms with Gasteiger partial charge in [0.2, 0.25) is 11.8 Å². The van der Waals surface area contributed by atoms with Gasteiger partial charge in [-0.25, -0.2) is 0 Å². The Morgan fingerprint density at radius 1 is 1.09 bits per heavy atom. The molecule has 0 aliphatic heterocycles. The fourth-order valence-electron chi connectivity index (χ4n) is 3.11. The lowest BCUT2D eigenvalue weighted by Crippen LogP contribution is -2.35. The molecule has 0 aromatic heterocycles. The first-order valence-electron chi connectivity index (χ1n) is 8.25. The molecule has 1 fully saturated rings. The second kappa shape index (κ2) is 8.57. The van der Waals surface area contributed by atoms with E-state index in [1.165, 1.54) is 19.3 Å². The van der Waals surface area contributed by atoms with Crippen molar-refractivity contribution in [2.24, 2.45) is 11.7 Å². The monoisotopic (exact) mass is 302 g/mol. The van der Waals surface area contributed by atoms with Gasteiger partial charge < -0.3 is 10.6 Å². The normalized spacial score (nSPS) is 15.5. The molecule has 0 saturated heterocycles. The molecule has 1 aliphatic rings. The molecule has 1 saturated carbocycles. The van der Waals surface area contributed by atoms with Crippen molar-refractivity contribution >= 4 is 11.8 Å². The molecular formula is C18H26N2O2. The molecule has 4 nitrogen and oxygen atoms in total. The first-order chi connectivity index (χ1) is 10.6. The van der Waals surface area contributed by atoms with Gasteiger partial charge in [0.25, 0.3) is 0 Å². The third-order valence-electron chi connectivity index (χ3n) is 4.39. The Balaban J connectivity index is 1.95. The van der Waals surface area contributed by atoms with E-state index in [0.717, 1.165) is 18.4 Å². The number of nitrogens with zero attached hydrogens (tertiary/aromatic N) is 1. The van der Waals surface area contributed by atoms with Crippen LogP contribution in [0.4, 0.5) is 0 Å². The predicted molar refractivity (Wildman–Crippen MR) is 86.9 cm³/mol. The number of carbonyl (C=O) groups excluding carboxylic acids is 2. The maximum Gasteiger partial charge on any atom is 0.223 e. The standard InChI is InChI=1S/C18H26N2O2/c19-17(21)11-12-20(14-16-9-5-2-6-10-16)18(22)13-15-7-3-1-4-8-15/h2,5-6,9-10,15H,1,3-4,7-8,11-14H2,(H2,19,21). The average Bonchev–Trinajstić information content (AvgIpc) is 2.53. The molecule has 22 heavy (non-hydrogen) atoms. The van der Waals surface area contributed by atoms with Crippen LogP contribution in [0.5, 0.6) is 0 Å². The fraction of sp³-hybridized carbons (Fsp3) is 0.556. The predicted octanol–water partition coefficient (Wildman–Crippen LogP) is 2.86. The molecule has 0 bridgehead atoms. The molecule has 0 unspecified atom stereocenters. The number of benzene rings is 1. The van der Waals surface area contributed by atoms with Crippen LogP contribution in [0, 0.1) is 5.92 Å². The third kappa shape index (κ3) is 5.51. The van der Waals surface area contributed by atoms with E-state index >= 15 is 0 Å². The summed E-state index contributed by atoms with van der Waals surface area (Å²) in [5, 5.41) is 0. The number of primary amides is 1. The second-order valence-electron chi connectivity index (χ2n) is 6.23. The Morgan fingerprint density at radius 3 is 2.41 bits per heavy atom. The lowest BCUT2D eigenvalue weighted by Gasteiger charge is -2.27. The summed E-state index contributed by atoms with van der Waals surface area (Å²) in [5.74, 6) is 0.300. The molecule has 120 valence electrons. The quantitative estimate of drug-likeness (QED) is 0.841. The Hall–Kier alpha value is -1.84. The van der Waals surface area contributed by atoms with Crippen molar-refractivity contribution in [2.45, 2.75) is 51.5 Å². The van der Waals surface area contributed by atoms with Crippen LogP contribution in [0.25, 0.3) is 0 Å². The summed E-state index contributed by atoms with van der Waals surface area (Å²) >= 11 is 0. The molecule has 2 rings (SSSR count). The highest BCUT2D eigenvalue weighted by Gasteiger charge is 2.21. The number of hydrogen-bond acceptors (Lipinski definition) is 2. The molecule has 0 heterocycles. The SMILES string of the molecule is NC(=O)CCN(Cc1ccccc1)C(=O)CC1CCCCC1. The van der Waals surface area contributed by atoms with Crippen molar-refractivity contribution in [3.05, 3.63) is 35.9 Å². The minimum absolute atomic E-state index is 0.150. The summed E-state index contributed by atoms with van der Waals surface area (Å²) in [5.41, 5.74) is 6.33. The number of carbonyl (C=O) groups is 2. The van der Waals surface area contributed by atoms with E-state index in [1.54, 1.807) is 4.90 Å². The van der Waals surface area contributed by atoms with Gasteiger partial charge in [0.15, 0.2) is 0 Å². The van der Waals surface area contributed by atoms with Crippen molar-refractivity contribution in [1.82, 2.24) is 4.90 Å². The van der Waals surface area contributed by atoms with E-state index in [4.69, 9.17) is 5.73 Å². The molecule has 1 aliphatic carbocycles. The average molecular weight is 302 g/mol. The summed E-state index contributed by atoms with van der Waals surface area (Å²) in [4.78, 5) is 25.4. The summed E-state index contributed by atoms with van der Waals surface area (Å²) < 4.78 is 0. The number of nitrogens with two attached hydrogens (primary N) is 1. The lowest BCUT2D eigenvalue weighted by atomic mass is 9.86. The van der Waals surface area contributed by atoms with Crippen molar-refractivity contribution < 1.29 is 9.59 Å². The maximum absolute atomic E-state index is 12.6. The summed E-state index contributed by atoms with van der Waals surface area (Å²) in [7, 11) is 0. The highest BCUT2D eigenvalue weighted by molar-refractivity contribution is 5.78. The van der Waals surface area contributed by atoms with Crippen molar-refractivity contribution in [1.29, 1.82) is 0 Å². The smallest absolute Gasteiger partial charge is 0.223 e. The number of rotatable bonds is 7. The van der Waals surface area contributed by atoms with Crippen LogP contribution in [0.2, 0.25) is 0 Å². The molecule has 2 N–H and O–H groups in total. The van der Waals surface area contributed by atoms with E-state index < -0.39 is 0 Å². The first-order valence-corrected chi connectivity index (χ1v) is 8.25. The van der Waals surface area contributed by atoms with Crippen molar-refractivity contribution in [3.8, 4) is 0 Å².